The van der Waals surface area contributed by atoms with Gasteiger partial charge in [-0.3, -0.25) is 4.79 Å². The molecule has 0 aromatic heterocycles. The molecule has 0 saturated carbocycles. The van der Waals surface area contributed by atoms with Gasteiger partial charge in [0.05, 0.1) is 0 Å². The number of halogens is 1. The van der Waals surface area contributed by atoms with Crippen molar-refractivity contribution in [3.8, 4) is 11.8 Å². The van der Waals surface area contributed by atoms with Crippen molar-refractivity contribution in [3.63, 3.8) is 0 Å². The van der Waals surface area contributed by atoms with Crippen molar-refractivity contribution in [2.75, 3.05) is 0 Å². The molecule has 0 N–H and O–H groups in total. The Labute approximate surface area is 115 Å². The second-order valence-corrected chi connectivity index (χ2v) is 4.87. The number of carbonyl (C=O) groups is 1. The van der Waals surface area contributed by atoms with E-state index in [0.29, 0.717) is 5.56 Å². The molecule has 0 radical (unpaired) electrons. The zero-order valence-electron chi connectivity index (χ0n) is 9.91. The summed E-state index contributed by atoms with van der Waals surface area (Å²) >= 11 is 3.37. The molecule has 2 aromatic rings. The monoisotopic (exact) mass is 298 g/mol. The number of Topliss-reactive ketones (excluding diaryl/α,β-unsaturated/α-hetero) is 1. The molecule has 0 aliphatic rings. The second-order valence-electron chi connectivity index (χ2n) is 3.96. The van der Waals surface area contributed by atoms with Crippen molar-refractivity contribution in [2.45, 2.75) is 6.92 Å². The van der Waals surface area contributed by atoms with E-state index in [-0.39, 0.29) is 5.78 Å². The lowest BCUT2D eigenvalue weighted by Gasteiger charge is -1.95. The smallest absolute Gasteiger partial charge is 0.236 e. The maximum atomic E-state index is 11.8. The molecule has 88 valence electrons. The highest BCUT2D eigenvalue weighted by Crippen LogP contribution is 2.10. The first-order valence-electron chi connectivity index (χ1n) is 5.54. The molecule has 2 rings (SSSR count). The molecular formula is C16H11BrO. The van der Waals surface area contributed by atoms with E-state index in [4.69, 9.17) is 0 Å². The van der Waals surface area contributed by atoms with Gasteiger partial charge in [-0.15, -0.1) is 0 Å². The van der Waals surface area contributed by atoms with Gasteiger partial charge in [0, 0.05) is 15.6 Å². The second kappa shape index (κ2) is 5.66. The fourth-order valence-corrected chi connectivity index (χ4v) is 1.87. The van der Waals surface area contributed by atoms with Crippen LogP contribution in [0.1, 0.15) is 21.5 Å². The van der Waals surface area contributed by atoms with Crippen LogP contribution >= 0.6 is 15.9 Å². The molecule has 0 saturated heterocycles. The number of aryl methyl sites for hydroxylation is 1. The third-order valence-electron chi connectivity index (χ3n) is 2.46. The van der Waals surface area contributed by atoms with Crippen molar-refractivity contribution in [1.29, 1.82) is 0 Å². The van der Waals surface area contributed by atoms with E-state index >= 15 is 0 Å². The van der Waals surface area contributed by atoms with Gasteiger partial charge in [0.1, 0.15) is 0 Å². The number of hydrogen-bond donors (Lipinski definition) is 0. The van der Waals surface area contributed by atoms with Crippen molar-refractivity contribution < 1.29 is 4.79 Å². The number of benzene rings is 2. The average Bonchev–Trinajstić information content (AvgIpc) is 2.37. The van der Waals surface area contributed by atoms with Gasteiger partial charge in [-0.1, -0.05) is 57.7 Å². The Morgan fingerprint density at radius 3 is 2.50 bits per heavy atom. The molecule has 2 aromatic carbocycles. The number of carbonyl (C=O) groups excluding carboxylic acids is 1. The molecule has 0 aliphatic carbocycles. The Bertz CT molecular complexity index is 630. The first-order valence-corrected chi connectivity index (χ1v) is 6.33. The van der Waals surface area contributed by atoms with E-state index in [2.05, 4.69) is 27.8 Å². The van der Waals surface area contributed by atoms with E-state index in [9.17, 15) is 4.79 Å². The normalized spacial score (nSPS) is 9.44. The number of hydrogen-bond acceptors (Lipinski definition) is 1. The molecule has 2 heteroatoms. The molecule has 1 nitrogen and oxygen atoms in total. The summed E-state index contributed by atoms with van der Waals surface area (Å²) in [6, 6.07) is 15.0. The predicted octanol–water partition coefficient (Wildman–Crippen LogP) is 3.99. The van der Waals surface area contributed by atoms with Crippen LogP contribution in [0.15, 0.2) is 53.0 Å². The number of rotatable bonds is 1. The third kappa shape index (κ3) is 3.32. The minimum absolute atomic E-state index is 0.157. The summed E-state index contributed by atoms with van der Waals surface area (Å²) in [5.41, 5.74) is 2.58. The molecule has 0 fully saturated rings. The van der Waals surface area contributed by atoms with Crippen molar-refractivity contribution in [1.82, 2.24) is 0 Å². The highest BCUT2D eigenvalue weighted by atomic mass is 79.9. The molecule has 0 spiro atoms. The Kier molecular flexibility index (Phi) is 3.96. The van der Waals surface area contributed by atoms with Gasteiger partial charge < -0.3 is 0 Å². The molecule has 0 atom stereocenters. The van der Waals surface area contributed by atoms with Crippen LogP contribution in [0.25, 0.3) is 0 Å². The van der Waals surface area contributed by atoms with Crippen LogP contribution in [0, 0.1) is 18.8 Å². The summed E-state index contributed by atoms with van der Waals surface area (Å²) in [6.07, 6.45) is 0. The van der Waals surface area contributed by atoms with E-state index < -0.39 is 0 Å². The summed E-state index contributed by atoms with van der Waals surface area (Å²) in [6.45, 7) is 1.99. The van der Waals surface area contributed by atoms with Gasteiger partial charge in [0.2, 0.25) is 5.78 Å². The van der Waals surface area contributed by atoms with Crippen LogP contribution in [-0.2, 0) is 0 Å². The standard InChI is InChI=1S/C16H11BrO/c1-12-5-8-14(9-6-12)16(18)10-7-13-3-2-4-15(17)11-13/h2-6,8-9,11H,1H3. The minimum atomic E-state index is -0.157. The van der Waals surface area contributed by atoms with Crippen molar-refractivity contribution in [3.05, 3.63) is 69.7 Å². The largest absolute Gasteiger partial charge is 0.279 e. The van der Waals surface area contributed by atoms with Crippen LogP contribution in [0.4, 0.5) is 0 Å². The molecule has 0 amide bonds. The SMILES string of the molecule is Cc1ccc(C(=O)C#Cc2cccc(Br)c2)cc1. The number of ketones is 1. The van der Waals surface area contributed by atoms with Gasteiger partial charge in [0.15, 0.2) is 0 Å². The highest BCUT2D eigenvalue weighted by molar-refractivity contribution is 9.10. The maximum Gasteiger partial charge on any atom is 0.236 e. The van der Waals surface area contributed by atoms with Crippen LogP contribution < -0.4 is 0 Å². The summed E-state index contributed by atoms with van der Waals surface area (Å²) in [5.74, 6) is 5.36. The summed E-state index contributed by atoms with van der Waals surface area (Å²) < 4.78 is 0.956. The summed E-state index contributed by atoms with van der Waals surface area (Å²) in [5, 5.41) is 0. The van der Waals surface area contributed by atoms with Crippen LogP contribution in [0.3, 0.4) is 0 Å². The van der Waals surface area contributed by atoms with Gasteiger partial charge in [-0.05, 0) is 31.0 Å². The maximum absolute atomic E-state index is 11.8. The molecule has 0 unspecified atom stereocenters. The first-order chi connectivity index (χ1) is 8.65. The Morgan fingerprint density at radius 2 is 1.83 bits per heavy atom. The minimum Gasteiger partial charge on any atom is -0.279 e. The van der Waals surface area contributed by atoms with Crippen LogP contribution in [-0.4, -0.2) is 5.78 Å². The molecular weight excluding hydrogens is 288 g/mol. The lowest BCUT2D eigenvalue weighted by Crippen LogP contribution is -1.94. The fourth-order valence-electron chi connectivity index (χ4n) is 1.47. The van der Waals surface area contributed by atoms with E-state index in [0.717, 1.165) is 15.6 Å². The van der Waals surface area contributed by atoms with Crippen LogP contribution in [0.2, 0.25) is 0 Å². The topological polar surface area (TPSA) is 17.1 Å². The molecule has 18 heavy (non-hydrogen) atoms. The van der Waals surface area contributed by atoms with E-state index in [1.165, 1.54) is 0 Å². The first kappa shape index (κ1) is 12.6. The van der Waals surface area contributed by atoms with Gasteiger partial charge in [0.25, 0.3) is 0 Å². The van der Waals surface area contributed by atoms with Crippen LogP contribution in [0.5, 0.6) is 0 Å². The fraction of sp³-hybridized carbons (Fsp3) is 0.0625. The van der Waals surface area contributed by atoms with Crippen molar-refractivity contribution in [2.24, 2.45) is 0 Å². The van der Waals surface area contributed by atoms with Crippen molar-refractivity contribution >= 4 is 21.7 Å². The zero-order chi connectivity index (χ0) is 13.0. The van der Waals surface area contributed by atoms with Gasteiger partial charge in [-0.2, -0.15) is 0 Å². The lowest BCUT2D eigenvalue weighted by atomic mass is 10.1. The van der Waals surface area contributed by atoms with E-state index in [1.807, 2.05) is 43.3 Å². The summed E-state index contributed by atoms with van der Waals surface area (Å²) in [7, 11) is 0. The Morgan fingerprint density at radius 1 is 1.11 bits per heavy atom. The van der Waals surface area contributed by atoms with Gasteiger partial charge >= 0.3 is 0 Å². The molecule has 0 bridgehead atoms. The van der Waals surface area contributed by atoms with Gasteiger partial charge in [-0.25, -0.2) is 0 Å². The summed E-state index contributed by atoms with van der Waals surface area (Å²) in [4.78, 5) is 11.8. The lowest BCUT2D eigenvalue weighted by molar-refractivity contribution is 0.105. The Balaban J connectivity index is 2.20. The highest BCUT2D eigenvalue weighted by Gasteiger charge is 2.00. The quantitative estimate of drug-likeness (QED) is 0.575. The van der Waals surface area contributed by atoms with E-state index in [1.54, 1.807) is 12.1 Å². The Hall–Kier alpha value is -1.85. The zero-order valence-corrected chi connectivity index (χ0v) is 11.5. The third-order valence-corrected chi connectivity index (χ3v) is 2.95. The molecule has 0 aliphatic heterocycles. The predicted molar refractivity (Wildman–Crippen MR) is 76.5 cm³/mol. The average molecular weight is 299 g/mol. The molecule has 0 heterocycles.